The first-order valence-corrected chi connectivity index (χ1v) is 7.16. The number of rotatable bonds is 5. The molecule has 1 aromatic carbocycles. The molecular weight excluding hydrogens is 289 g/mol. The van der Waals surface area contributed by atoms with Gasteiger partial charge in [0.2, 0.25) is 5.89 Å². The minimum Gasteiger partial charge on any atom is -0.381 e. The van der Waals surface area contributed by atoms with Crippen molar-refractivity contribution in [3.05, 3.63) is 47.4 Å². The second-order valence-electron chi connectivity index (χ2n) is 5.12. The van der Waals surface area contributed by atoms with E-state index < -0.39 is 0 Å². The number of hydrogen-bond donors (Lipinski definition) is 1. The van der Waals surface area contributed by atoms with Gasteiger partial charge in [-0.3, -0.25) is 4.79 Å². The highest BCUT2D eigenvalue weighted by Crippen LogP contribution is 2.22. The van der Waals surface area contributed by atoms with E-state index in [1.165, 1.54) is 24.3 Å². The Hall–Kier alpha value is -2.28. The fraction of sp³-hybridized carbons (Fsp3) is 0.400. The van der Waals surface area contributed by atoms with E-state index in [0.29, 0.717) is 36.9 Å². The van der Waals surface area contributed by atoms with Crippen LogP contribution in [0.3, 0.4) is 0 Å². The summed E-state index contributed by atoms with van der Waals surface area (Å²) >= 11 is 0. The van der Waals surface area contributed by atoms with Crippen LogP contribution in [0.4, 0.5) is 4.39 Å². The topological polar surface area (TPSA) is 77.2 Å². The molecule has 0 saturated carbocycles. The van der Waals surface area contributed by atoms with Crippen molar-refractivity contribution in [2.45, 2.75) is 18.8 Å². The summed E-state index contributed by atoms with van der Waals surface area (Å²) < 4.78 is 23.2. The van der Waals surface area contributed by atoms with Crippen molar-refractivity contribution in [2.75, 3.05) is 19.8 Å². The molecule has 0 unspecified atom stereocenters. The Bertz CT molecular complexity index is 636. The molecule has 0 bridgehead atoms. The highest BCUT2D eigenvalue weighted by Gasteiger charge is 2.22. The van der Waals surface area contributed by atoms with E-state index in [-0.39, 0.29) is 17.6 Å². The van der Waals surface area contributed by atoms with E-state index in [4.69, 9.17) is 9.26 Å². The summed E-state index contributed by atoms with van der Waals surface area (Å²) in [6, 6.07) is 5.39. The van der Waals surface area contributed by atoms with Gasteiger partial charge in [0.15, 0.2) is 5.82 Å². The quantitative estimate of drug-likeness (QED) is 0.909. The lowest BCUT2D eigenvalue weighted by Crippen LogP contribution is -2.25. The maximum absolute atomic E-state index is 12.8. The number of ether oxygens (including phenoxy) is 1. The molecule has 3 rings (SSSR count). The van der Waals surface area contributed by atoms with Crippen molar-refractivity contribution in [3.63, 3.8) is 0 Å². The molecule has 1 aromatic heterocycles. The highest BCUT2D eigenvalue weighted by atomic mass is 19.1. The Morgan fingerprint density at radius 2 is 2.18 bits per heavy atom. The zero-order chi connectivity index (χ0) is 15.4. The third-order valence-corrected chi connectivity index (χ3v) is 3.51. The van der Waals surface area contributed by atoms with Crippen molar-refractivity contribution in [1.29, 1.82) is 0 Å². The summed E-state index contributed by atoms with van der Waals surface area (Å²) in [5.74, 6) is 0.722. The van der Waals surface area contributed by atoms with Gasteiger partial charge in [0, 0.05) is 31.1 Å². The molecule has 7 heteroatoms. The van der Waals surface area contributed by atoms with Gasteiger partial charge in [-0.1, -0.05) is 5.16 Å². The summed E-state index contributed by atoms with van der Waals surface area (Å²) in [6.45, 7) is 1.72. The third kappa shape index (κ3) is 3.48. The number of nitrogens with zero attached hydrogens (tertiary/aromatic N) is 2. The molecule has 22 heavy (non-hydrogen) atoms. The summed E-state index contributed by atoms with van der Waals surface area (Å²) in [7, 11) is 0. The molecule has 0 radical (unpaired) electrons. The highest BCUT2D eigenvalue weighted by molar-refractivity contribution is 5.94. The van der Waals surface area contributed by atoms with Crippen LogP contribution in [0.15, 0.2) is 28.8 Å². The van der Waals surface area contributed by atoms with Crippen LogP contribution in [0, 0.1) is 5.82 Å². The maximum Gasteiger partial charge on any atom is 0.251 e. The summed E-state index contributed by atoms with van der Waals surface area (Å²) in [4.78, 5) is 16.2. The SMILES string of the molecule is O=C(NCCc1nc([C@H]2CCOC2)no1)c1ccc(F)cc1. The molecule has 1 aliphatic rings. The number of benzene rings is 1. The molecule has 1 fully saturated rings. The third-order valence-electron chi connectivity index (χ3n) is 3.51. The molecule has 1 amide bonds. The monoisotopic (exact) mass is 305 g/mol. The van der Waals surface area contributed by atoms with E-state index in [0.717, 1.165) is 13.0 Å². The molecular formula is C15H16FN3O3. The molecule has 6 nitrogen and oxygen atoms in total. The number of carbonyl (C=O) groups excluding carboxylic acids is 1. The molecule has 1 atom stereocenters. The first-order chi connectivity index (χ1) is 10.7. The van der Waals surface area contributed by atoms with Crippen LogP contribution >= 0.6 is 0 Å². The van der Waals surface area contributed by atoms with Gasteiger partial charge in [0.1, 0.15) is 5.82 Å². The first kappa shape index (κ1) is 14.6. The van der Waals surface area contributed by atoms with Gasteiger partial charge in [-0.15, -0.1) is 0 Å². The maximum atomic E-state index is 12.8. The minimum absolute atomic E-state index is 0.200. The van der Waals surface area contributed by atoms with Gasteiger partial charge in [-0.05, 0) is 30.7 Å². The molecule has 2 aromatic rings. The zero-order valence-corrected chi connectivity index (χ0v) is 11.9. The molecule has 1 aliphatic heterocycles. The normalized spacial score (nSPS) is 17.6. The standard InChI is InChI=1S/C15H16FN3O3/c16-12-3-1-10(2-4-12)15(20)17-7-5-13-18-14(19-22-13)11-6-8-21-9-11/h1-4,11H,5-9H2,(H,17,20)/t11-/m0/s1. The fourth-order valence-corrected chi connectivity index (χ4v) is 2.26. The number of aromatic nitrogens is 2. The van der Waals surface area contributed by atoms with Crippen LogP contribution < -0.4 is 5.32 Å². The van der Waals surface area contributed by atoms with Crippen LogP contribution in [0.2, 0.25) is 0 Å². The Kier molecular flexibility index (Phi) is 4.43. The lowest BCUT2D eigenvalue weighted by molar-refractivity contribution is 0.0953. The van der Waals surface area contributed by atoms with E-state index in [1.807, 2.05) is 0 Å². The average Bonchev–Trinajstić information content (AvgIpc) is 3.19. The minimum atomic E-state index is -0.370. The predicted octanol–water partition coefficient (Wildman–Crippen LogP) is 1.69. The zero-order valence-electron chi connectivity index (χ0n) is 11.9. The van der Waals surface area contributed by atoms with Crippen molar-refractivity contribution in [2.24, 2.45) is 0 Å². The van der Waals surface area contributed by atoms with Gasteiger partial charge >= 0.3 is 0 Å². The summed E-state index contributed by atoms with van der Waals surface area (Å²) in [5.41, 5.74) is 0.413. The van der Waals surface area contributed by atoms with E-state index >= 15 is 0 Å². The predicted molar refractivity (Wildman–Crippen MR) is 74.9 cm³/mol. The molecule has 1 saturated heterocycles. The average molecular weight is 305 g/mol. The largest absolute Gasteiger partial charge is 0.381 e. The van der Waals surface area contributed by atoms with Gasteiger partial charge in [-0.2, -0.15) is 4.98 Å². The van der Waals surface area contributed by atoms with Crippen LogP contribution in [0.1, 0.15) is 34.4 Å². The van der Waals surface area contributed by atoms with Crippen molar-refractivity contribution >= 4 is 5.91 Å². The van der Waals surface area contributed by atoms with E-state index in [1.54, 1.807) is 0 Å². The number of carbonyl (C=O) groups is 1. The van der Waals surface area contributed by atoms with Crippen LogP contribution in [0.5, 0.6) is 0 Å². The van der Waals surface area contributed by atoms with Gasteiger partial charge in [0.25, 0.3) is 5.91 Å². The Labute approximate surface area is 126 Å². The second-order valence-corrected chi connectivity index (χ2v) is 5.12. The number of nitrogens with one attached hydrogen (secondary N) is 1. The summed E-state index contributed by atoms with van der Waals surface area (Å²) in [6.07, 6.45) is 1.35. The fourth-order valence-electron chi connectivity index (χ4n) is 2.26. The Balaban J connectivity index is 1.48. The number of hydrogen-bond acceptors (Lipinski definition) is 5. The van der Waals surface area contributed by atoms with Crippen molar-refractivity contribution in [3.8, 4) is 0 Å². The van der Waals surface area contributed by atoms with Crippen LogP contribution in [0.25, 0.3) is 0 Å². The van der Waals surface area contributed by atoms with Crippen molar-refractivity contribution in [1.82, 2.24) is 15.5 Å². The van der Waals surface area contributed by atoms with Crippen molar-refractivity contribution < 1.29 is 18.4 Å². The van der Waals surface area contributed by atoms with Crippen LogP contribution in [-0.2, 0) is 11.2 Å². The molecule has 1 N–H and O–H groups in total. The molecule has 0 aliphatic carbocycles. The number of amides is 1. The van der Waals surface area contributed by atoms with Gasteiger partial charge in [0.05, 0.1) is 6.61 Å². The Morgan fingerprint density at radius 3 is 2.91 bits per heavy atom. The van der Waals surface area contributed by atoms with E-state index in [9.17, 15) is 9.18 Å². The first-order valence-electron chi connectivity index (χ1n) is 7.16. The van der Waals surface area contributed by atoms with Crippen LogP contribution in [-0.4, -0.2) is 35.8 Å². The summed E-state index contributed by atoms with van der Waals surface area (Å²) in [5, 5.41) is 6.68. The van der Waals surface area contributed by atoms with Gasteiger partial charge in [-0.25, -0.2) is 4.39 Å². The molecule has 0 spiro atoms. The number of halogens is 1. The smallest absolute Gasteiger partial charge is 0.251 e. The molecule has 2 heterocycles. The molecule has 116 valence electrons. The van der Waals surface area contributed by atoms with E-state index in [2.05, 4.69) is 15.5 Å². The lowest BCUT2D eigenvalue weighted by Gasteiger charge is -2.03. The van der Waals surface area contributed by atoms with Gasteiger partial charge < -0.3 is 14.6 Å². The lowest BCUT2D eigenvalue weighted by atomic mass is 10.1. The Morgan fingerprint density at radius 1 is 1.36 bits per heavy atom. The second kappa shape index (κ2) is 6.65.